The molecule has 0 unspecified atom stereocenters. The minimum Gasteiger partial charge on any atom is -0.496 e. The van der Waals surface area contributed by atoms with Gasteiger partial charge in [-0.1, -0.05) is 48.0 Å². The molecule has 44 heavy (non-hydrogen) atoms. The number of fused-ring (bicyclic) bond motifs is 1. The van der Waals surface area contributed by atoms with Crippen LogP contribution in [0.1, 0.15) is 47.8 Å². The highest BCUT2D eigenvalue weighted by Crippen LogP contribution is 2.39. The van der Waals surface area contributed by atoms with Crippen LogP contribution in [0.3, 0.4) is 0 Å². The van der Waals surface area contributed by atoms with Gasteiger partial charge in [0.1, 0.15) is 10.6 Å². The number of benzene rings is 3. The molecule has 0 spiro atoms. The third-order valence-electron chi connectivity index (χ3n) is 8.47. The van der Waals surface area contributed by atoms with Gasteiger partial charge in [-0.25, -0.2) is 4.79 Å². The second-order valence-electron chi connectivity index (χ2n) is 11.2. The monoisotopic (exact) mass is 633 g/mol. The molecule has 0 saturated heterocycles. The van der Waals surface area contributed by atoms with Crippen molar-refractivity contribution in [3.63, 3.8) is 0 Å². The molecule has 0 atom stereocenters. The van der Waals surface area contributed by atoms with Crippen LogP contribution in [0.5, 0.6) is 5.75 Å². The number of rotatable bonds is 9. The quantitative estimate of drug-likeness (QED) is 0.197. The number of nitrogens with zero attached hydrogens (tertiary/aromatic N) is 2. The average molecular weight is 634 g/mol. The molecule has 8 nitrogen and oxygen atoms in total. The molecule has 1 aliphatic carbocycles. The molecule has 1 aliphatic rings. The first kappa shape index (κ1) is 31.3. The first-order valence-electron chi connectivity index (χ1n) is 14.6. The van der Waals surface area contributed by atoms with Gasteiger partial charge in [0.05, 0.1) is 12.1 Å². The Hall–Kier alpha value is -4.08. The summed E-state index contributed by atoms with van der Waals surface area (Å²) in [4.78, 5) is 41.2. The van der Waals surface area contributed by atoms with Gasteiger partial charge in [-0.3, -0.25) is 9.59 Å². The highest BCUT2D eigenvalue weighted by atomic mass is 35.5. The summed E-state index contributed by atoms with van der Waals surface area (Å²) in [6.45, 7) is 2.27. The fourth-order valence-corrected chi connectivity index (χ4v) is 7.33. The number of hydrogen-bond donors (Lipinski definition) is 2. The maximum Gasteiger partial charge on any atom is 0.404 e. The van der Waals surface area contributed by atoms with Crippen LogP contribution in [0.25, 0.3) is 21.2 Å². The minimum absolute atomic E-state index is 0.0415. The molecule has 4 aromatic rings. The second kappa shape index (κ2) is 13.7. The Bertz CT molecular complexity index is 1660. The van der Waals surface area contributed by atoms with E-state index in [0.29, 0.717) is 28.7 Å². The molecule has 0 bridgehead atoms. The largest absolute Gasteiger partial charge is 0.496 e. The van der Waals surface area contributed by atoms with Crippen molar-refractivity contribution in [2.75, 3.05) is 25.6 Å². The van der Waals surface area contributed by atoms with Crippen molar-refractivity contribution in [2.24, 2.45) is 5.92 Å². The van der Waals surface area contributed by atoms with Crippen LogP contribution >= 0.6 is 22.9 Å². The van der Waals surface area contributed by atoms with Crippen LogP contribution in [0.4, 0.5) is 10.5 Å². The average Bonchev–Trinajstić information content (AvgIpc) is 3.38. The number of carboxylic acid groups (broad SMARTS) is 1. The van der Waals surface area contributed by atoms with Crippen molar-refractivity contribution in [1.29, 1.82) is 0 Å². The zero-order valence-electron chi connectivity index (χ0n) is 25.0. The van der Waals surface area contributed by atoms with E-state index in [0.717, 1.165) is 58.1 Å². The van der Waals surface area contributed by atoms with Gasteiger partial charge in [-0.15, -0.1) is 11.3 Å². The van der Waals surface area contributed by atoms with Crippen molar-refractivity contribution >= 4 is 56.6 Å². The molecule has 2 N–H and O–H groups in total. The van der Waals surface area contributed by atoms with E-state index in [2.05, 4.69) is 11.4 Å². The zero-order chi connectivity index (χ0) is 31.4. The van der Waals surface area contributed by atoms with E-state index in [1.807, 2.05) is 65.6 Å². The summed E-state index contributed by atoms with van der Waals surface area (Å²) in [5, 5.41) is 12.9. The molecule has 3 amide bonds. The van der Waals surface area contributed by atoms with Crippen LogP contribution in [0.2, 0.25) is 5.02 Å². The summed E-state index contributed by atoms with van der Waals surface area (Å²) in [5.74, 6) is 0.754. The van der Waals surface area contributed by atoms with E-state index in [1.165, 1.54) is 18.3 Å². The number of methoxy groups -OCH3 is 1. The number of thiophene rings is 1. The van der Waals surface area contributed by atoms with Gasteiger partial charge in [0.15, 0.2) is 0 Å². The number of ether oxygens (including phenoxy) is 1. The second-order valence-corrected chi connectivity index (χ2v) is 12.6. The lowest BCUT2D eigenvalue weighted by molar-refractivity contribution is -0.116. The molecule has 10 heteroatoms. The Balaban J connectivity index is 1.46. The first-order chi connectivity index (χ1) is 21.2. The third-order valence-corrected chi connectivity index (χ3v) is 10.1. The molecule has 1 saturated carbocycles. The van der Waals surface area contributed by atoms with E-state index in [1.54, 1.807) is 19.1 Å². The third kappa shape index (κ3) is 6.84. The molecule has 1 heterocycles. The summed E-state index contributed by atoms with van der Waals surface area (Å²) >= 11 is 8.20. The van der Waals surface area contributed by atoms with Gasteiger partial charge in [-0.05, 0) is 73.1 Å². The number of carbonyl (C=O) groups excluding carboxylic acids is 2. The van der Waals surface area contributed by atoms with Gasteiger partial charge < -0.3 is 25.0 Å². The molecular weight excluding hydrogens is 598 g/mol. The molecule has 0 radical (unpaired) electrons. The normalized spacial score (nSPS) is 16.4. The summed E-state index contributed by atoms with van der Waals surface area (Å²) in [7, 11) is 3.37. The number of carbonyl (C=O) groups is 3. The van der Waals surface area contributed by atoms with E-state index in [-0.39, 0.29) is 23.8 Å². The standard InChI is InChI=1S/C34H36ClN3O5S/c1-21(39)37(2)26-15-10-23(11-16-26)24-12-17-29(43-3)25(18-24)20-38(27-13-8-22(9-14-27)19-36-34(41)42)33(40)32-31(35)28-6-4-5-7-30(28)44-32/h4-7,10-12,15-18,22,27,36H,8-9,13-14,19-20H2,1-3H3,(H,41,42). The lowest BCUT2D eigenvalue weighted by Crippen LogP contribution is -2.43. The fraction of sp³-hybridized carbons (Fsp3) is 0.324. The molecule has 1 fully saturated rings. The van der Waals surface area contributed by atoms with E-state index < -0.39 is 6.09 Å². The molecule has 3 aromatic carbocycles. The fourth-order valence-electron chi connectivity index (χ4n) is 5.87. The molecule has 1 aromatic heterocycles. The number of nitrogens with one attached hydrogen (secondary N) is 1. The van der Waals surface area contributed by atoms with E-state index >= 15 is 0 Å². The predicted octanol–water partition coefficient (Wildman–Crippen LogP) is 7.68. The van der Waals surface area contributed by atoms with Crippen molar-refractivity contribution in [2.45, 2.75) is 45.2 Å². The van der Waals surface area contributed by atoms with Crippen molar-refractivity contribution in [3.05, 3.63) is 82.2 Å². The number of anilines is 1. The van der Waals surface area contributed by atoms with Gasteiger partial charge in [0.25, 0.3) is 5.91 Å². The maximum atomic E-state index is 14.3. The predicted molar refractivity (Wildman–Crippen MR) is 176 cm³/mol. The summed E-state index contributed by atoms with van der Waals surface area (Å²) in [5.41, 5.74) is 3.62. The van der Waals surface area contributed by atoms with E-state index in [9.17, 15) is 14.4 Å². The Labute approximate surface area is 266 Å². The number of amides is 3. The van der Waals surface area contributed by atoms with Crippen LogP contribution < -0.4 is 15.0 Å². The Morgan fingerprint density at radius 2 is 1.68 bits per heavy atom. The molecule has 0 aliphatic heterocycles. The van der Waals surface area contributed by atoms with Gasteiger partial charge in [0.2, 0.25) is 5.91 Å². The minimum atomic E-state index is -1.02. The number of halogens is 1. The van der Waals surface area contributed by atoms with Crippen molar-refractivity contribution in [1.82, 2.24) is 10.2 Å². The zero-order valence-corrected chi connectivity index (χ0v) is 26.6. The molecular formula is C34H36ClN3O5S. The Kier molecular flexibility index (Phi) is 9.76. The van der Waals surface area contributed by atoms with Gasteiger partial charge in [0, 0.05) is 54.4 Å². The van der Waals surface area contributed by atoms with Gasteiger partial charge >= 0.3 is 6.09 Å². The van der Waals surface area contributed by atoms with Crippen LogP contribution in [-0.4, -0.2) is 54.7 Å². The van der Waals surface area contributed by atoms with Crippen LogP contribution in [-0.2, 0) is 11.3 Å². The number of hydrogen-bond acceptors (Lipinski definition) is 5. The SMILES string of the molecule is COc1ccc(-c2ccc(N(C)C(C)=O)cc2)cc1CN(C(=O)c1sc2ccccc2c1Cl)C1CCC(CNC(=O)O)CC1. The summed E-state index contributed by atoms with van der Waals surface area (Å²) in [6.07, 6.45) is 2.12. The highest BCUT2D eigenvalue weighted by Gasteiger charge is 2.32. The van der Waals surface area contributed by atoms with Crippen molar-refractivity contribution in [3.8, 4) is 16.9 Å². The lowest BCUT2D eigenvalue weighted by Gasteiger charge is -2.37. The molecule has 230 valence electrons. The lowest BCUT2D eigenvalue weighted by atomic mass is 9.85. The Morgan fingerprint density at radius 3 is 2.32 bits per heavy atom. The first-order valence-corrected chi connectivity index (χ1v) is 15.8. The topological polar surface area (TPSA) is 99.2 Å². The van der Waals surface area contributed by atoms with Crippen LogP contribution in [0, 0.1) is 5.92 Å². The summed E-state index contributed by atoms with van der Waals surface area (Å²) in [6, 6.07) is 21.5. The molecule has 5 rings (SSSR count). The Morgan fingerprint density at radius 1 is 1.00 bits per heavy atom. The van der Waals surface area contributed by atoms with E-state index in [4.69, 9.17) is 21.4 Å². The maximum absolute atomic E-state index is 14.3. The van der Waals surface area contributed by atoms with Crippen molar-refractivity contribution < 1.29 is 24.2 Å². The summed E-state index contributed by atoms with van der Waals surface area (Å²) < 4.78 is 6.72. The highest BCUT2D eigenvalue weighted by molar-refractivity contribution is 7.21. The van der Waals surface area contributed by atoms with Gasteiger partial charge in [-0.2, -0.15) is 0 Å². The van der Waals surface area contributed by atoms with Crippen LogP contribution in [0.15, 0.2) is 66.7 Å². The smallest absolute Gasteiger partial charge is 0.404 e.